The zero-order valence-electron chi connectivity index (χ0n) is 6.09. The highest BCUT2D eigenvalue weighted by molar-refractivity contribution is 7.89. The minimum atomic E-state index is -0.611. The zero-order chi connectivity index (χ0) is 7.70. The van der Waals surface area contributed by atoms with Crippen molar-refractivity contribution < 1.29 is 14.4 Å². The van der Waals surface area contributed by atoms with Gasteiger partial charge in [0, 0.05) is 7.11 Å². The van der Waals surface area contributed by atoms with Crippen LogP contribution in [-0.4, -0.2) is 42.5 Å². The van der Waals surface area contributed by atoms with Crippen LogP contribution in [0.5, 0.6) is 0 Å². The first-order valence-corrected chi connectivity index (χ1v) is 4.46. The molecule has 9 heavy (non-hydrogen) atoms. The van der Waals surface area contributed by atoms with E-state index in [1.807, 2.05) is 0 Å². The van der Waals surface area contributed by atoms with Crippen LogP contribution in [0.2, 0.25) is 0 Å². The maximum atomic E-state index is 9.56. The highest BCUT2D eigenvalue weighted by Gasteiger charge is 1.67. The number of ether oxygens (including phenoxy) is 1. The number of methoxy groups -OCH3 is 1. The fourth-order valence-corrected chi connectivity index (χ4v) is 0.0913. The second-order valence-corrected chi connectivity index (χ2v) is 2.94. The molecule has 3 nitrogen and oxygen atoms in total. The first kappa shape index (κ1) is 12.0. The predicted molar refractivity (Wildman–Crippen MR) is 39.0 cm³/mol. The zero-order valence-corrected chi connectivity index (χ0v) is 6.90. The van der Waals surface area contributed by atoms with E-state index in [2.05, 4.69) is 4.74 Å². The van der Waals surface area contributed by atoms with Gasteiger partial charge in [-0.1, -0.05) is 11.2 Å². The van der Waals surface area contributed by atoms with Crippen molar-refractivity contribution in [2.24, 2.45) is 0 Å². The summed E-state index contributed by atoms with van der Waals surface area (Å²) in [5.74, 6) is 0. The quantitative estimate of drug-likeness (QED) is 0.552. The third kappa shape index (κ3) is 64.2. The van der Waals surface area contributed by atoms with Gasteiger partial charge in [-0.2, -0.15) is 0 Å². The van der Waals surface area contributed by atoms with Crippen LogP contribution in [0.1, 0.15) is 0 Å². The summed E-state index contributed by atoms with van der Waals surface area (Å²) in [7, 11) is 1.55. The Bertz CT molecular complexity index is 36.4. The lowest BCUT2D eigenvalue weighted by Gasteiger charge is -1.87. The van der Waals surface area contributed by atoms with Crippen LogP contribution in [-0.2, 0) is 15.9 Å². The van der Waals surface area contributed by atoms with Crippen molar-refractivity contribution in [3.63, 3.8) is 0 Å². The van der Waals surface area contributed by atoms with E-state index >= 15 is 0 Å². The molecule has 0 amide bonds. The van der Waals surface area contributed by atoms with Gasteiger partial charge in [0.15, 0.2) is 0 Å². The fourth-order valence-electron chi connectivity index (χ4n) is 0.0913. The number of hydrogen-bond acceptors (Lipinski definition) is 3. The van der Waals surface area contributed by atoms with Gasteiger partial charge in [0.05, 0.1) is 25.7 Å². The molecule has 4 heteroatoms. The van der Waals surface area contributed by atoms with Gasteiger partial charge < -0.3 is 14.4 Å². The molecule has 0 atom stereocenters. The summed E-state index contributed by atoms with van der Waals surface area (Å²) in [5.41, 5.74) is 0. The third-order valence-corrected chi connectivity index (χ3v) is 0.295. The van der Waals surface area contributed by atoms with E-state index in [4.69, 9.17) is 5.11 Å². The smallest absolute Gasteiger partial charge is 0.0946 e. The van der Waals surface area contributed by atoms with Crippen molar-refractivity contribution in [2.45, 2.75) is 0 Å². The SMILES string of the molecule is COCCO.C[S+](C)[O-]. The first-order valence-electron chi connectivity index (χ1n) is 2.50. The average molecular weight is 154 g/mol. The summed E-state index contributed by atoms with van der Waals surface area (Å²) in [6.45, 7) is 0.566. The molecule has 0 fully saturated rings. The monoisotopic (exact) mass is 154 g/mol. The molecule has 0 aromatic heterocycles. The largest absolute Gasteiger partial charge is 0.617 e. The topological polar surface area (TPSA) is 52.5 Å². The van der Waals surface area contributed by atoms with Crippen LogP contribution < -0.4 is 0 Å². The molecule has 1 N–H and O–H groups in total. The molecular weight excluding hydrogens is 140 g/mol. The van der Waals surface area contributed by atoms with Crippen molar-refractivity contribution in [2.75, 3.05) is 32.8 Å². The van der Waals surface area contributed by atoms with E-state index in [1.165, 1.54) is 0 Å². The van der Waals surface area contributed by atoms with Gasteiger partial charge in [-0.15, -0.1) is 0 Å². The second-order valence-electron chi connectivity index (χ2n) is 1.46. The molecule has 0 bridgehead atoms. The Morgan fingerprint density at radius 1 is 1.56 bits per heavy atom. The van der Waals surface area contributed by atoms with Gasteiger partial charge in [-0.25, -0.2) is 0 Å². The van der Waals surface area contributed by atoms with Crippen molar-refractivity contribution in [3.8, 4) is 0 Å². The van der Waals surface area contributed by atoms with Crippen molar-refractivity contribution >= 4 is 11.2 Å². The van der Waals surface area contributed by atoms with Gasteiger partial charge >= 0.3 is 0 Å². The number of aliphatic hydroxyl groups excluding tert-OH is 1. The number of aliphatic hydroxyl groups is 1. The van der Waals surface area contributed by atoms with Gasteiger partial charge in [-0.05, 0) is 0 Å². The third-order valence-electron chi connectivity index (χ3n) is 0.295. The summed E-state index contributed by atoms with van der Waals surface area (Å²) in [5, 5.41) is 7.94. The summed E-state index contributed by atoms with van der Waals surface area (Å²) < 4.78 is 14.0. The van der Waals surface area contributed by atoms with Gasteiger partial charge in [0.25, 0.3) is 0 Å². The fraction of sp³-hybridized carbons (Fsp3) is 1.00. The van der Waals surface area contributed by atoms with E-state index in [0.717, 1.165) is 0 Å². The van der Waals surface area contributed by atoms with E-state index < -0.39 is 11.2 Å². The molecule has 58 valence electrons. The van der Waals surface area contributed by atoms with Crippen molar-refractivity contribution in [3.05, 3.63) is 0 Å². The molecular formula is C5H14O3S. The maximum Gasteiger partial charge on any atom is 0.0946 e. The Labute approximate surface area is 59.2 Å². The lowest BCUT2D eigenvalue weighted by molar-refractivity contribution is 0.135. The van der Waals surface area contributed by atoms with Crippen LogP contribution in [0.3, 0.4) is 0 Å². The number of hydrogen-bond donors (Lipinski definition) is 1. The maximum absolute atomic E-state index is 9.56. The van der Waals surface area contributed by atoms with Crippen LogP contribution >= 0.6 is 0 Å². The van der Waals surface area contributed by atoms with E-state index in [0.29, 0.717) is 6.61 Å². The average Bonchev–Trinajstić information content (AvgIpc) is 1.66. The highest BCUT2D eigenvalue weighted by Crippen LogP contribution is 1.61. The molecule has 0 aliphatic rings. The molecule has 0 aliphatic heterocycles. The van der Waals surface area contributed by atoms with Crippen LogP contribution in [0.15, 0.2) is 0 Å². The summed E-state index contributed by atoms with van der Waals surface area (Å²) >= 11 is -0.611. The van der Waals surface area contributed by atoms with Crippen LogP contribution in [0, 0.1) is 0 Å². The Hall–Kier alpha value is 0.230. The Morgan fingerprint density at radius 3 is 1.89 bits per heavy atom. The Kier molecular flexibility index (Phi) is 14.7. The summed E-state index contributed by atoms with van der Waals surface area (Å²) in [6, 6.07) is 0. The Balaban J connectivity index is 0. The predicted octanol–water partition coefficient (Wildman–Crippen LogP) is -0.380. The molecule has 0 spiro atoms. The summed E-state index contributed by atoms with van der Waals surface area (Å²) in [4.78, 5) is 0. The lowest BCUT2D eigenvalue weighted by Crippen LogP contribution is -1.91. The molecule has 0 aromatic rings. The van der Waals surface area contributed by atoms with E-state index in [-0.39, 0.29) is 6.61 Å². The van der Waals surface area contributed by atoms with E-state index in [9.17, 15) is 4.55 Å². The second kappa shape index (κ2) is 11.1. The first-order chi connectivity index (χ1) is 4.15. The molecule has 0 saturated carbocycles. The molecule has 0 heterocycles. The van der Waals surface area contributed by atoms with Crippen molar-refractivity contribution in [1.29, 1.82) is 0 Å². The number of rotatable bonds is 2. The summed E-state index contributed by atoms with van der Waals surface area (Å²) in [6.07, 6.45) is 3.28. The standard InChI is InChI=1S/C3H8O2.C2H6OS/c1-5-3-2-4;1-4(2)3/h4H,2-3H2,1H3;1-2H3. The molecule has 0 saturated heterocycles. The highest BCUT2D eigenvalue weighted by atomic mass is 32.2. The Morgan fingerprint density at radius 2 is 1.89 bits per heavy atom. The minimum Gasteiger partial charge on any atom is -0.617 e. The van der Waals surface area contributed by atoms with Crippen LogP contribution in [0.25, 0.3) is 0 Å². The van der Waals surface area contributed by atoms with Gasteiger partial charge in [-0.3, -0.25) is 0 Å². The van der Waals surface area contributed by atoms with E-state index in [1.54, 1.807) is 19.6 Å². The molecule has 0 radical (unpaired) electrons. The minimum absolute atomic E-state index is 0.122. The van der Waals surface area contributed by atoms with Gasteiger partial charge in [0.1, 0.15) is 0 Å². The van der Waals surface area contributed by atoms with Crippen LogP contribution in [0.4, 0.5) is 0 Å². The molecule has 0 unspecified atom stereocenters. The normalized spacial score (nSPS) is 8.67. The van der Waals surface area contributed by atoms with Gasteiger partial charge in [0.2, 0.25) is 0 Å². The lowest BCUT2D eigenvalue weighted by atomic mass is 10.8. The molecule has 0 aliphatic carbocycles. The molecule has 0 aromatic carbocycles. The molecule has 0 rings (SSSR count). The van der Waals surface area contributed by atoms with Crippen molar-refractivity contribution in [1.82, 2.24) is 0 Å².